The zero-order valence-corrected chi connectivity index (χ0v) is 9.23. The van der Waals surface area contributed by atoms with Gasteiger partial charge in [-0.3, -0.25) is 0 Å². The van der Waals surface area contributed by atoms with Crippen LogP contribution < -0.4 is 4.74 Å². The smallest absolute Gasteiger partial charge is 0.126 e. The highest BCUT2D eigenvalue weighted by Crippen LogP contribution is 2.30. The third-order valence-electron chi connectivity index (χ3n) is 2.65. The first kappa shape index (κ1) is 11.0. The summed E-state index contributed by atoms with van der Waals surface area (Å²) >= 11 is 0. The van der Waals surface area contributed by atoms with Gasteiger partial charge < -0.3 is 4.74 Å². The lowest BCUT2D eigenvalue weighted by molar-refractivity contribution is 0.404. The highest BCUT2D eigenvalue weighted by Gasteiger charge is 2.12. The van der Waals surface area contributed by atoms with Crippen LogP contribution in [-0.2, 0) is 0 Å². The molecule has 1 nitrogen and oxygen atoms in total. The van der Waals surface area contributed by atoms with E-state index in [2.05, 4.69) is 13.8 Å². The van der Waals surface area contributed by atoms with Crippen LogP contribution in [-0.4, -0.2) is 7.11 Å². The summed E-state index contributed by atoms with van der Waals surface area (Å²) in [4.78, 5) is 0. The summed E-state index contributed by atoms with van der Waals surface area (Å²) < 4.78 is 18.6. The Morgan fingerprint density at radius 3 is 2.57 bits per heavy atom. The van der Waals surface area contributed by atoms with Crippen LogP contribution in [0.3, 0.4) is 0 Å². The van der Waals surface area contributed by atoms with Gasteiger partial charge in [0.05, 0.1) is 7.11 Å². The van der Waals surface area contributed by atoms with Gasteiger partial charge in [0.1, 0.15) is 11.6 Å². The number of hydrogen-bond acceptors (Lipinski definition) is 1. The Hall–Kier alpha value is -1.05. The van der Waals surface area contributed by atoms with E-state index in [1.165, 1.54) is 0 Å². The molecule has 0 saturated heterocycles. The van der Waals surface area contributed by atoms with Gasteiger partial charge in [-0.1, -0.05) is 13.8 Å². The predicted molar refractivity (Wildman–Crippen MR) is 56.4 cm³/mol. The first-order valence-electron chi connectivity index (χ1n) is 4.94. The average Bonchev–Trinajstić information content (AvgIpc) is 2.20. The molecule has 0 aliphatic carbocycles. The fourth-order valence-electron chi connectivity index (χ4n) is 1.45. The summed E-state index contributed by atoms with van der Waals surface area (Å²) in [5.74, 6) is 0.972. The number of hydrogen-bond donors (Lipinski definition) is 0. The quantitative estimate of drug-likeness (QED) is 0.717. The number of methoxy groups -OCH3 is 1. The van der Waals surface area contributed by atoms with Crippen LogP contribution >= 0.6 is 0 Å². The lowest BCUT2D eigenvalue weighted by Crippen LogP contribution is -1.99. The standard InChI is InChI=1S/C12H17FO/c1-5-8(2)10-7-11(13)9(3)6-12(10)14-4/h6-8H,5H2,1-4H3. The van der Waals surface area contributed by atoms with E-state index >= 15 is 0 Å². The van der Waals surface area contributed by atoms with E-state index < -0.39 is 0 Å². The van der Waals surface area contributed by atoms with Gasteiger partial charge in [0.25, 0.3) is 0 Å². The molecule has 1 rings (SSSR count). The molecule has 0 aliphatic heterocycles. The molecular formula is C12H17FO. The van der Waals surface area contributed by atoms with Crippen molar-refractivity contribution in [2.45, 2.75) is 33.1 Å². The summed E-state index contributed by atoms with van der Waals surface area (Å²) in [6.45, 7) is 5.91. The summed E-state index contributed by atoms with van der Waals surface area (Å²) in [5, 5.41) is 0. The van der Waals surface area contributed by atoms with Crippen molar-refractivity contribution in [3.8, 4) is 5.75 Å². The first-order chi connectivity index (χ1) is 6.60. The zero-order valence-electron chi connectivity index (χ0n) is 9.23. The fourth-order valence-corrected chi connectivity index (χ4v) is 1.45. The third-order valence-corrected chi connectivity index (χ3v) is 2.65. The molecule has 0 aromatic heterocycles. The van der Waals surface area contributed by atoms with Crippen LogP contribution in [0.5, 0.6) is 5.75 Å². The Labute approximate surface area is 84.9 Å². The lowest BCUT2D eigenvalue weighted by atomic mass is 9.96. The van der Waals surface area contributed by atoms with Crippen molar-refractivity contribution in [3.63, 3.8) is 0 Å². The molecule has 1 unspecified atom stereocenters. The molecule has 0 aliphatic rings. The SMILES string of the molecule is CCC(C)c1cc(F)c(C)cc1OC. The minimum atomic E-state index is -0.152. The van der Waals surface area contributed by atoms with Crippen molar-refractivity contribution in [2.75, 3.05) is 7.11 Å². The Bertz CT molecular complexity index is 320. The molecule has 0 heterocycles. The van der Waals surface area contributed by atoms with Crippen LogP contribution in [0.2, 0.25) is 0 Å². The second kappa shape index (κ2) is 4.45. The van der Waals surface area contributed by atoms with E-state index in [0.717, 1.165) is 17.7 Å². The highest BCUT2D eigenvalue weighted by molar-refractivity contribution is 5.40. The molecule has 0 spiro atoms. The molecule has 1 atom stereocenters. The molecule has 2 heteroatoms. The molecule has 14 heavy (non-hydrogen) atoms. The first-order valence-corrected chi connectivity index (χ1v) is 4.94. The normalized spacial score (nSPS) is 12.6. The minimum Gasteiger partial charge on any atom is -0.496 e. The number of aryl methyl sites for hydroxylation is 1. The van der Waals surface area contributed by atoms with E-state index in [4.69, 9.17) is 4.74 Å². The van der Waals surface area contributed by atoms with Gasteiger partial charge in [0.15, 0.2) is 0 Å². The van der Waals surface area contributed by atoms with E-state index in [1.54, 1.807) is 26.2 Å². The van der Waals surface area contributed by atoms with Gasteiger partial charge in [-0.15, -0.1) is 0 Å². The second-order valence-electron chi connectivity index (χ2n) is 3.65. The monoisotopic (exact) mass is 196 g/mol. The Morgan fingerprint density at radius 2 is 2.07 bits per heavy atom. The maximum absolute atomic E-state index is 13.3. The van der Waals surface area contributed by atoms with Crippen molar-refractivity contribution in [2.24, 2.45) is 0 Å². The topological polar surface area (TPSA) is 9.23 Å². The van der Waals surface area contributed by atoms with Gasteiger partial charge in [-0.2, -0.15) is 0 Å². The van der Waals surface area contributed by atoms with Crippen molar-refractivity contribution in [3.05, 3.63) is 29.1 Å². The molecule has 0 radical (unpaired) electrons. The van der Waals surface area contributed by atoms with Crippen LogP contribution in [0.25, 0.3) is 0 Å². The van der Waals surface area contributed by atoms with Gasteiger partial charge in [-0.05, 0) is 42.5 Å². The van der Waals surface area contributed by atoms with Crippen molar-refractivity contribution in [1.29, 1.82) is 0 Å². The Balaban J connectivity index is 3.19. The zero-order chi connectivity index (χ0) is 10.7. The number of benzene rings is 1. The molecule has 0 fully saturated rings. The number of ether oxygens (including phenoxy) is 1. The van der Waals surface area contributed by atoms with Crippen LogP contribution in [0.1, 0.15) is 37.3 Å². The summed E-state index contributed by atoms with van der Waals surface area (Å²) in [5.41, 5.74) is 1.59. The molecule has 0 bridgehead atoms. The second-order valence-corrected chi connectivity index (χ2v) is 3.65. The lowest BCUT2D eigenvalue weighted by Gasteiger charge is -2.15. The Morgan fingerprint density at radius 1 is 1.43 bits per heavy atom. The molecule has 1 aromatic carbocycles. The van der Waals surface area contributed by atoms with E-state index in [0.29, 0.717) is 11.5 Å². The fraction of sp³-hybridized carbons (Fsp3) is 0.500. The maximum Gasteiger partial charge on any atom is 0.126 e. The largest absolute Gasteiger partial charge is 0.496 e. The van der Waals surface area contributed by atoms with Crippen molar-refractivity contribution in [1.82, 2.24) is 0 Å². The van der Waals surface area contributed by atoms with Crippen LogP contribution in [0.4, 0.5) is 4.39 Å². The Kier molecular flexibility index (Phi) is 3.50. The van der Waals surface area contributed by atoms with Crippen LogP contribution in [0, 0.1) is 12.7 Å². The molecular weight excluding hydrogens is 179 g/mol. The van der Waals surface area contributed by atoms with Crippen molar-refractivity contribution >= 4 is 0 Å². The summed E-state index contributed by atoms with van der Waals surface area (Å²) in [7, 11) is 1.62. The van der Waals surface area contributed by atoms with Gasteiger partial charge in [0, 0.05) is 0 Å². The minimum absolute atomic E-state index is 0.152. The molecule has 0 amide bonds. The molecule has 0 saturated carbocycles. The van der Waals surface area contributed by atoms with Gasteiger partial charge in [0.2, 0.25) is 0 Å². The van der Waals surface area contributed by atoms with Crippen LogP contribution in [0.15, 0.2) is 12.1 Å². The van der Waals surface area contributed by atoms with Crippen molar-refractivity contribution < 1.29 is 9.13 Å². The molecule has 1 aromatic rings. The predicted octanol–water partition coefficient (Wildman–Crippen LogP) is 3.66. The van der Waals surface area contributed by atoms with Gasteiger partial charge in [-0.25, -0.2) is 4.39 Å². The van der Waals surface area contributed by atoms with E-state index in [1.807, 2.05) is 0 Å². The number of rotatable bonds is 3. The van der Waals surface area contributed by atoms with E-state index in [9.17, 15) is 4.39 Å². The molecule has 0 N–H and O–H groups in total. The van der Waals surface area contributed by atoms with E-state index in [-0.39, 0.29) is 5.82 Å². The maximum atomic E-state index is 13.3. The third kappa shape index (κ3) is 2.06. The summed E-state index contributed by atoms with van der Waals surface area (Å²) in [6.07, 6.45) is 0.985. The average molecular weight is 196 g/mol. The summed E-state index contributed by atoms with van der Waals surface area (Å²) in [6, 6.07) is 3.35. The highest BCUT2D eigenvalue weighted by atomic mass is 19.1. The van der Waals surface area contributed by atoms with Gasteiger partial charge >= 0.3 is 0 Å². The molecule has 78 valence electrons. The number of halogens is 1.